The van der Waals surface area contributed by atoms with Crippen LogP contribution in [0.4, 0.5) is 5.69 Å². The lowest BCUT2D eigenvalue weighted by atomic mass is 9.91. The number of amides is 1. The summed E-state index contributed by atoms with van der Waals surface area (Å²) in [5, 5.41) is 21.2. The SMILES string of the molecule is COCC(C)(C)/C(O)=C/C(=N)NC(=O)[C@@H]1CCN1c1ccc(Cl)cc1. The Kier molecular flexibility index (Phi) is 6.08. The highest BCUT2D eigenvalue weighted by Gasteiger charge is 2.34. The molecule has 1 aromatic rings. The average Bonchev–Trinajstić information content (AvgIpc) is 2.47. The number of nitrogens with zero attached hydrogens (tertiary/aromatic N) is 1. The Bertz CT molecular complexity index is 671. The number of carbonyl (C=O) groups excluding carboxylic acids is 1. The third-order valence-corrected chi connectivity index (χ3v) is 4.47. The van der Waals surface area contributed by atoms with Crippen LogP contribution in [0.15, 0.2) is 36.1 Å². The van der Waals surface area contributed by atoms with E-state index in [2.05, 4.69) is 5.32 Å². The van der Waals surface area contributed by atoms with Crippen LogP contribution < -0.4 is 10.2 Å². The molecule has 3 N–H and O–H groups in total. The molecule has 0 unspecified atom stereocenters. The van der Waals surface area contributed by atoms with E-state index in [9.17, 15) is 9.90 Å². The maximum absolute atomic E-state index is 12.4. The number of aliphatic hydroxyl groups excluding tert-OH is 1. The number of amidine groups is 1. The average molecular weight is 366 g/mol. The van der Waals surface area contributed by atoms with Gasteiger partial charge in [-0.25, -0.2) is 0 Å². The third kappa shape index (κ3) is 4.74. The number of anilines is 1. The molecule has 1 amide bonds. The Morgan fingerprint density at radius 1 is 1.48 bits per heavy atom. The third-order valence-electron chi connectivity index (χ3n) is 4.22. The molecule has 1 atom stereocenters. The number of methoxy groups -OCH3 is 1. The molecular weight excluding hydrogens is 342 g/mol. The molecule has 0 radical (unpaired) electrons. The molecular formula is C18H24ClN3O3. The first-order valence-corrected chi connectivity index (χ1v) is 8.44. The van der Waals surface area contributed by atoms with Crippen LogP contribution in [-0.4, -0.2) is 43.2 Å². The van der Waals surface area contributed by atoms with E-state index in [1.807, 2.05) is 17.0 Å². The highest BCUT2D eigenvalue weighted by molar-refractivity contribution is 6.30. The standard InChI is InChI=1S/C18H24ClN3O3/c1-18(2,11-25-3)15(23)10-16(20)21-17(24)14-8-9-22(14)13-6-4-12(19)5-7-13/h4-7,10,14,23H,8-9,11H2,1-3H3,(H2,20,21,24)/b15-10-/t14-/m0/s1. The van der Waals surface area contributed by atoms with E-state index in [4.69, 9.17) is 21.7 Å². The molecule has 6 nitrogen and oxygen atoms in total. The minimum absolute atomic E-state index is 0.0113. The summed E-state index contributed by atoms with van der Waals surface area (Å²) >= 11 is 5.89. The maximum Gasteiger partial charge on any atom is 0.248 e. The normalized spacial score (nSPS) is 17.8. The number of benzene rings is 1. The van der Waals surface area contributed by atoms with Gasteiger partial charge in [-0.3, -0.25) is 10.2 Å². The van der Waals surface area contributed by atoms with E-state index in [-0.39, 0.29) is 23.5 Å². The molecule has 0 bridgehead atoms. The van der Waals surface area contributed by atoms with Crippen LogP contribution in [0.5, 0.6) is 0 Å². The molecule has 1 fully saturated rings. The Hall–Kier alpha value is -2.05. The van der Waals surface area contributed by atoms with E-state index >= 15 is 0 Å². The second-order valence-electron chi connectivity index (χ2n) is 6.72. The van der Waals surface area contributed by atoms with Crippen LogP contribution in [0.1, 0.15) is 20.3 Å². The van der Waals surface area contributed by atoms with Crippen molar-refractivity contribution in [2.24, 2.45) is 5.41 Å². The van der Waals surface area contributed by atoms with Crippen LogP contribution in [0.3, 0.4) is 0 Å². The van der Waals surface area contributed by atoms with Crippen molar-refractivity contribution in [1.29, 1.82) is 5.41 Å². The van der Waals surface area contributed by atoms with Crippen molar-refractivity contribution in [2.45, 2.75) is 26.3 Å². The van der Waals surface area contributed by atoms with E-state index in [1.165, 1.54) is 6.08 Å². The summed E-state index contributed by atoms with van der Waals surface area (Å²) in [6.07, 6.45) is 1.97. The zero-order valence-electron chi connectivity index (χ0n) is 14.7. The summed E-state index contributed by atoms with van der Waals surface area (Å²) in [6, 6.07) is 6.97. The first kappa shape index (κ1) is 19.3. The number of nitrogens with one attached hydrogen (secondary N) is 2. The van der Waals surface area contributed by atoms with Gasteiger partial charge in [0.25, 0.3) is 0 Å². The second-order valence-corrected chi connectivity index (χ2v) is 7.16. The number of hydrogen-bond acceptors (Lipinski definition) is 5. The first-order chi connectivity index (χ1) is 11.7. The fraction of sp³-hybridized carbons (Fsp3) is 0.444. The highest BCUT2D eigenvalue weighted by Crippen LogP contribution is 2.28. The minimum Gasteiger partial charge on any atom is -0.512 e. The number of ether oxygens (including phenoxy) is 1. The topological polar surface area (TPSA) is 85.6 Å². The van der Waals surface area contributed by atoms with Crippen LogP contribution >= 0.6 is 11.6 Å². The van der Waals surface area contributed by atoms with E-state index in [1.54, 1.807) is 33.1 Å². The largest absolute Gasteiger partial charge is 0.512 e. The molecule has 1 aliphatic heterocycles. The Balaban J connectivity index is 1.97. The van der Waals surface area contributed by atoms with Gasteiger partial charge in [0.2, 0.25) is 5.91 Å². The van der Waals surface area contributed by atoms with Crippen molar-refractivity contribution in [3.63, 3.8) is 0 Å². The Labute approximate surface area is 152 Å². The predicted molar refractivity (Wildman–Crippen MR) is 99.4 cm³/mol. The van der Waals surface area contributed by atoms with Crippen molar-refractivity contribution < 1.29 is 14.6 Å². The molecule has 0 aliphatic carbocycles. The number of hydrogen-bond donors (Lipinski definition) is 3. The molecule has 1 heterocycles. The monoisotopic (exact) mass is 365 g/mol. The fourth-order valence-corrected chi connectivity index (χ4v) is 2.75. The summed E-state index contributed by atoms with van der Waals surface area (Å²) in [5.41, 5.74) is 0.291. The fourth-order valence-electron chi connectivity index (χ4n) is 2.62. The van der Waals surface area contributed by atoms with Gasteiger partial charge >= 0.3 is 0 Å². The molecule has 0 spiro atoms. The summed E-state index contributed by atoms with van der Waals surface area (Å²) in [4.78, 5) is 14.3. The lowest BCUT2D eigenvalue weighted by Gasteiger charge is -2.41. The van der Waals surface area contributed by atoms with E-state index < -0.39 is 5.41 Å². The van der Waals surface area contributed by atoms with Gasteiger partial charge < -0.3 is 20.1 Å². The Morgan fingerprint density at radius 3 is 2.64 bits per heavy atom. The van der Waals surface area contributed by atoms with Gasteiger partial charge in [-0.15, -0.1) is 0 Å². The second kappa shape index (κ2) is 7.89. The lowest BCUT2D eigenvalue weighted by Crippen LogP contribution is -2.57. The highest BCUT2D eigenvalue weighted by atomic mass is 35.5. The summed E-state index contributed by atoms with van der Waals surface area (Å²) < 4.78 is 5.05. The molecule has 1 aliphatic rings. The molecule has 0 saturated carbocycles. The van der Waals surface area contributed by atoms with Crippen molar-refractivity contribution in [3.05, 3.63) is 41.1 Å². The molecule has 1 saturated heterocycles. The van der Waals surface area contributed by atoms with Gasteiger partial charge in [0, 0.05) is 35.9 Å². The predicted octanol–water partition coefficient (Wildman–Crippen LogP) is 3.13. The number of halogens is 1. The van der Waals surface area contributed by atoms with Gasteiger partial charge in [0.05, 0.1) is 6.61 Å². The molecule has 2 rings (SSSR count). The zero-order chi connectivity index (χ0) is 18.6. The van der Waals surface area contributed by atoms with Crippen LogP contribution in [0, 0.1) is 10.8 Å². The van der Waals surface area contributed by atoms with E-state index in [0.717, 1.165) is 12.2 Å². The quantitative estimate of drug-likeness (QED) is 0.410. The summed E-state index contributed by atoms with van der Waals surface area (Å²) in [7, 11) is 1.55. The van der Waals surface area contributed by atoms with Gasteiger partial charge in [0.15, 0.2) is 0 Å². The summed E-state index contributed by atoms with van der Waals surface area (Å²) in [6.45, 7) is 4.68. The lowest BCUT2D eigenvalue weighted by molar-refractivity contribution is -0.122. The minimum atomic E-state index is -0.627. The zero-order valence-corrected chi connectivity index (χ0v) is 15.4. The van der Waals surface area contributed by atoms with Crippen molar-refractivity contribution in [3.8, 4) is 0 Å². The van der Waals surface area contributed by atoms with Gasteiger partial charge in [-0.2, -0.15) is 0 Å². The van der Waals surface area contributed by atoms with Crippen molar-refractivity contribution in [1.82, 2.24) is 5.32 Å². The number of carbonyl (C=O) groups is 1. The van der Waals surface area contributed by atoms with Crippen LogP contribution in [0.2, 0.25) is 5.02 Å². The van der Waals surface area contributed by atoms with E-state index in [0.29, 0.717) is 18.1 Å². The van der Waals surface area contributed by atoms with Gasteiger partial charge in [-0.05, 0) is 30.7 Å². The smallest absolute Gasteiger partial charge is 0.248 e. The molecule has 136 valence electrons. The molecule has 25 heavy (non-hydrogen) atoms. The molecule has 0 aromatic heterocycles. The van der Waals surface area contributed by atoms with Gasteiger partial charge in [-0.1, -0.05) is 25.4 Å². The van der Waals surface area contributed by atoms with Crippen molar-refractivity contribution >= 4 is 29.0 Å². The van der Waals surface area contributed by atoms with Gasteiger partial charge in [0.1, 0.15) is 17.6 Å². The Morgan fingerprint density at radius 2 is 2.12 bits per heavy atom. The van der Waals surface area contributed by atoms with Crippen LogP contribution in [0.25, 0.3) is 0 Å². The summed E-state index contributed by atoms with van der Waals surface area (Å²) in [5.74, 6) is -0.419. The molecule has 1 aromatic carbocycles. The van der Waals surface area contributed by atoms with Crippen molar-refractivity contribution in [2.75, 3.05) is 25.2 Å². The molecule has 7 heteroatoms. The number of rotatable bonds is 6. The first-order valence-electron chi connectivity index (χ1n) is 8.06. The van der Waals surface area contributed by atoms with Crippen LogP contribution in [-0.2, 0) is 9.53 Å². The maximum atomic E-state index is 12.4. The number of aliphatic hydroxyl groups is 1.